The van der Waals surface area contributed by atoms with Crippen LogP contribution in [0.25, 0.3) is 0 Å². The van der Waals surface area contributed by atoms with Gasteiger partial charge in [0.15, 0.2) is 0 Å². The van der Waals surface area contributed by atoms with Gasteiger partial charge in [0.1, 0.15) is 0 Å². The third kappa shape index (κ3) is 0.860. The zero-order valence-corrected chi connectivity index (χ0v) is 5.93. The van der Waals surface area contributed by atoms with Gasteiger partial charge < -0.3 is 0 Å². The van der Waals surface area contributed by atoms with Gasteiger partial charge in [-0.05, 0) is 24.0 Å². The van der Waals surface area contributed by atoms with Gasteiger partial charge in [0, 0.05) is 0 Å². The Bertz CT molecular complexity index is 262. The van der Waals surface area contributed by atoms with Gasteiger partial charge in [-0.1, -0.05) is 36.5 Å². The van der Waals surface area contributed by atoms with E-state index in [1.54, 1.807) is 0 Å². The van der Waals surface area contributed by atoms with E-state index in [1.807, 2.05) is 0 Å². The summed E-state index contributed by atoms with van der Waals surface area (Å²) in [5.41, 5.74) is 4.02. The fourth-order valence-corrected chi connectivity index (χ4v) is 1.37. The average molecular weight is 130 g/mol. The van der Waals surface area contributed by atoms with E-state index in [1.165, 1.54) is 16.7 Å². The summed E-state index contributed by atoms with van der Waals surface area (Å²) in [5.74, 6) is 0. The smallest absolute Gasteiger partial charge is 0.0238 e. The number of fused-ring (bicyclic) bond motifs is 1. The highest BCUT2D eigenvalue weighted by Crippen LogP contribution is 2.26. The summed E-state index contributed by atoms with van der Waals surface area (Å²) in [6.07, 6.45) is 11.0. The zero-order valence-electron chi connectivity index (χ0n) is 5.93. The summed E-state index contributed by atoms with van der Waals surface area (Å²) >= 11 is 0. The molecule has 0 aromatic rings. The first-order valence-corrected chi connectivity index (χ1v) is 3.63. The molecule has 0 atom stereocenters. The van der Waals surface area contributed by atoms with Crippen LogP contribution in [0.1, 0.15) is 12.8 Å². The number of hydrogen-bond donors (Lipinski definition) is 0. The largest absolute Gasteiger partial charge is 0.0958 e. The second-order valence-electron chi connectivity index (χ2n) is 2.86. The van der Waals surface area contributed by atoms with Crippen molar-refractivity contribution in [2.24, 2.45) is 0 Å². The molecular weight excluding hydrogens is 120 g/mol. The SMILES string of the molecule is C=C1C=C2C=CC(=C2)CC1. The minimum Gasteiger partial charge on any atom is -0.0958 e. The number of allylic oxidation sites excluding steroid dienone is 7. The Kier molecular flexibility index (Phi) is 1.13. The summed E-state index contributed by atoms with van der Waals surface area (Å²) < 4.78 is 0. The lowest BCUT2D eigenvalue weighted by molar-refractivity contribution is 0.982. The van der Waals surface area contributed by atoms with Crippen molar-refractivity contribution < 1.29 is 0 Å². The van der Waals surface area contributed by atoms with E-state index >= 15 is 0 Å². The molecule has 50 valence electrons. The molecule has 2 bridgehead atoms. The van der Waals surface area contributed by atoms with Crippen molar-refractivity contribution in [2.75, 3.05) is 0 Å². The molecule has 0 heteroatoms. The van der Waals surface area contributed by atoms with Crippen molar-refractivity contribution in [3.8, 4) is 0 Å². The van der Waals surface area contributed by atoms with E-state index in [4.69, 9.17) is 0 Å². The van der Waals surface area contributed by atoms with Gasteiger partial charge in [-0.3, -0.25) is 0 Å². The Labute approximate surface area is 61.3 Å². The van der Waals surface area contributed by atoms with Crippen LogP contribution in [0.3, 0.4) is 0 Å². The maximum absolute atomic E-state index is 3.95. The van der Waals surface area contributed by atoms with Crippen LogP contribution in [0.2, 0.25) is 0 Å². The second kappa shape index (κ2) is 1.98. The molecule has 0 aromatic heterocycles. The predicted molar refractivity (Wildman–Crippen MR) is 43.7 cm³/mol. The molecule has 0 aromatic carbocycles. The molecule has 2 aliphatic carbocycles. The second-order valence-corrected chi connectivity index (χ2v) is 2.86. The Morgan fingerprint density at radius 1 is 1.10 bits per heavy atom. The zero-order chi connectivity index (χ0) is 6.97. The van der Waals surface area contributed by atoms with Gasteiger partial charge in [-0.15, -0.1) is 0 Å². The van der Waals surface area contributed by atoms with E-state index < -0.39 is 0 Å². The maximum atomic E-state index is 3.95. The highest BCUT2D eigenvalue weighted by Gasteiger charge is 2.06. The van der Waals surface area contributed by atoms with Gasteiger partial charge in [-0.2, -0.15) is 0 Å². The fourth-order valence-electron chi connectivity index (χ4n) is 1.37. The van der Waals surface area contributed by atoms with Crippen LogP contribution in [0.4, 0.5) is 0 Å². The van der Waals surface area contributed by atoms with E-state index in [-0.39, 0.29) is 0 Å². The third-order valence-corrected chi connectivity index (χ3v) is 1.95. The summed E-state index contributed by atoms with van der Waals surface area (Å²) in [7, 11) is 0. The first-order valence-electron chi connectivity index (χ1n) is 3.63. The minimum absolute atomic E-state index is 1.12. The van der Waals surface area contributed by atoms with Crippen LogP contribution < -0.4 is 0 Å². The Morgan fingerprint density at radius 3 is 2.90 bits per heavy atom. The van der Waals surface area contributed by atoms with Gasteiger partial charge in [0.05, 0.1) is 0 Å². The molecule has 0 spiro atoms. The van der Waals surface area contributed by atoms with Crippen LogP contribution in [-0.2, 0) is 0 Å². The molecule has 0 N–H and O–H groups in total. The normalized spacial score (nSPS) is 22.2. The van der Waals surface area contributed by atoms with Crippen LogP contribution in [0, 0.1) is 0 Å². The Hall–Kier alpha value is -1.04. The number of hydrogen-bond acceptors (Lipinski definition) is 0. The lowest BCUT2D eigenvalue weighted by Crippen LogP contribution is -1.78. The molecular formula is C10H10. The molecule has 2 rings (SSSR count). The molecule has 0 aliphatic heterocycles. The first-order chi connectivity index (χ1) is 4.84. The highest BCUT2D eigenvalue weighted by molar-refractivity contribution is 5.50. The van der Waals surface area contributed by atoms with Gasteiger partial charge >= 0.3 is 0 Å². The predicted octanol–water partition coefficient (Wildman–Crippen LogP) is 2.76. The standard InChI is InChI=1S/C10H10/c1-8-2-3-9-4-5-10(6-8)7-9/h4-7H,1-3H2. The summed E-state index contributed by atoms with van der Waals surface area (Å²) in [4.78, 5) is 0. The van der Waals surface area contributed by atoms with Gasteiger partial charge in [0.25, 0.3) is 0 Å². The fraction of sp³-hybridized carbons (Fsp3) is 0.200. The van der Waals surface area contributed by atoms with E-state index in [0.29, 0.717) is 0 Å². The molecule has 0 fully saturated rings. The van der Waals surface area contributed by atoms with E-state index in [2.05, 4.69) is 30.9 Å². The molecule has 0 amide bonds. The van der Waals surface area contributed by atoms with Crippen molar-refractivity contribution in [1.29, 1.82) is 0 Å². The quantitative estimate of drug-likeness (QED) is 0.473. The van der Waals surface area contributed by atoms with Crippen molar-refractivity contribution in [3.05, 3.63) is 47.6 Å². The molecule has 0 unspecified atom stereocenters. The van der Waals surface area contributed by atoms with Crippen molar-refractivity contribution in [2.45, 2.75) is 12.8 Å². The Morgan fingerprint density at radius 2 is 2.00 bits per heavy atom. The first kappa shape index (κ1) is 5.72. The Balaban J connectivity index is 2.42. The number of rotatable bonds is 0. The molecule has 0 heterocycles. The molecule has 0 saturated carbocycles. The summed E-state index contributed by atoms with van der Waals surface area (Å²) in [6, 6.07) is 0. The lowest BCUT2D eigenvalue weighted by Gasteiger charge is -1.98. The molecule has 10 heavy (non-hydrogen) atoms. The maximum Gasteiger partial charge on any atom is -0.0238 e. The van der Waals surface area contributed by atoms with E-state index in [9.17, 15) is 0 Å². The molecule has 0 radical (unpaired) electrons. The van der Waals surface area contributed by atoms with E-state index in [0.717, 1.165) is 12.8 Å². The van der Waals surface area contributed by atoms with Crippen LogP contribution in [0.15, 0.2) is 47.6 Å². The van der Waals surface area contributed by atoms with Crippen LogP contribution in [0.5, 0.6) is 0 Å². The topological polar surface area (TPSA) is 0 Å². The van der Waals surface area contributed by atoms with Gasteiger partial charge in [-0.25, -0.2) is 0 Å². The monoisotopic (exact) mass is 130 g/mol. The molecule has 0 nitrogen and oxygen atoms in total. The summed E-state index contributed by atoms with van der Waals surface area (Å²) in [6.45, 7) is 3.95. The third-order valence-electron chi connectivity index (χ3n) is 1.95. The van der Waals surface area contributed by atoms with Crippen LogP contribution >= 0.6 is 0 Å². The minimum atomic E-state index is 1.12. The lowest BCUT2D eigenvalue weighted by atomic mass is 10.1. The van der Waals surface area contributed by atoms with Gasteiger partial charge in [0.2, 0.25) is 0 Å². The average Bonchev–Trinajstić information content (AvgIpc) is 2.22. The molecule has 0 saturated heterocycles. The van der Waals surface area contributed by atoms with Crippen molar-refractivity contribution in [1.82, 2.24) is 0 Å². The van der Waals surface area contributed by atoms with Crippen molar-refractivity contribution >= 4 is 0 Å². The molecule has 2 aliphatic rings. The van der Waals surface area contributed by atoms with Crippen LogP contribution in [-0.4, -0.2) is 0 Å². The summed E-state index contributed by atoms with van der Waals surface area (Å²) in [5, 5.41) is 0. The highest BCUT2D eigenvalue weighted by atomic mass is 14.1. The van der Waals surface area contributed by atoms with Crippen molar-refractivity contribution in [3.63, 3.8) is 0 Å².